The molecule has 1 fully saturated rings. The van der Waals surface area contributed by atoms with Crippen LogP contribution in [0, 0.1) is 0 Å². The maximum absolute atomic E-state index is 12.8. The first kappa shape index (κ1) is 28.9. The van der Waals surface area contributed by atoms with Crippen LogP contribution in [0.25, 0.3) is 10.1 Å². The van der Waals surface area contributed by atoms with Gasteiger partial charge in [-0.2, -0.15) is 0 Å². The van der Waals surface area contributed by atoms with Crippen LogP contribution in [0.1, 0.15) is 56.1 Å². The molecule has 0 atom stereocenters. The molecule has 44 heavy (non-hydrogen) atoms. The number of anilines is 1. The fourth-order valence-electron chi connectivity index (χ4n) is 5.24. The molecule has 3 N–H and O–H groups in total. The number of carboxylic acid groups (broad SMARTS) is 1. The second kappa shape index (κ2) is 13.0. The van der Waals surface area contributed by atoms with Crippen molar-refractivity contribution in [3.8, 4) is 17.2 Å². The summed E-state index contributed by atoms with van der Waals surface area (Å²) in [6, 6.07) is 30.4. The van der Waals surface area contributed by atoms with Gasteiger partial charge in [0.15, 0.2) is 0 Å². The van der Waals surface area contributed by atoms with Crippen molar-refractivity contribution in [3.63, 3.8) is 0 Å². The van der Waals surface area contributed by atoms with Crippen LogP contribution in [0.2, 0.25) is 0 Å². The summed E-state index contributed by atoms with van der Waals surface area (Å²) in [7, 11) is 0. The Balaban J connectivity index is 0.964. The van der Waals surface area contributed by atoms with Crippen LogP contribution in [-0.4, -0.2) is 35.0 Å². The molecule has 1 aromatic heterocycles. The SMILES string of the molecule is O=C(Nc1ccccc1C(=O)O)c1ccc(Oc2ccc(OC3CCC(NC(=O)c4cc5ccccc5s4)CC3)cc2)cc1. The van der Waals surface area contributed by atoms with Gasteiger partial charge in [-0.15, -0.1) is 11.3 Å². The van der Waals surface area contributed by atoms with E-state index in [1.165, 1.54) is 17.4 Å². The zero-order chi connectivity index (χ0) is 30.5. The summed E-state index contributed by atoms with van der Waals surface area (Å²) in [5.74, 6) is 0.390. The number of hydrogen-bond donors (Lipinski definition) is 3. The molecule has 1 aliphatic carbocycles. The first-order valence-electron chi connectivity index (χ1n) is 14.4. The van der Waals surface area contributed by atoms with Crippen molar-refractivity contribution in [1.82, 2.24) is 5.32 Å². The molecule has 222 valence electrons. The Bertz CT molecular complexity index is 1760. The fourth-order valence-corrected chi connectivity index (χ4v) is 6.20. The summed E-state index contributed by atoms with van der Waals surface area (Å²) in [5, 5.41) is 16.3. The van der Waals surface area contributed by atoms with Crippen LogP contribution in [0.15, 0.2) is 103 Å². The summed E-state index contributed by atoms with van der Waals surface area (Å²) in [5.41, 5.74) is 0.624. The molecule has 1 saturated carbocycles. The maximum atomic E-state index is 12.8. The Hall–Kier alpha value is -5.15. The monoisotopic (exact) mass is 606 g/mol. The zero-order valence-corrected chi connectivity index (χ0v) is 24.5. The van der Waals surface area contributed by atoms with Crippen LogP contribution in [0.3, 0.4) is 0 Å². The first-order valence-corrected chi connectivity index (χ1v) is 15.2. The number of benzene rings is 4. The van der Waals surface area contributed by atoms with Gasteiger partial charge in [0.1, 0.15) is 17.2 Å². The minimum atomic E-state index is -1.11. The molecule has 0 radical (unpaired) electrons. The lowest BCUT2D eigenvalue weighted by Gasteiger charge is -2.29. The van der Waals surface area contributed by atoms with E-state index in [-0.39, 0.29) is 29.3 Å². The number of carbonyl (C=O) groups excluding carboxylic acids is 2. The van der Waals surface area contributed by atoms with Crippen LogP contribution in [0.5, 0.6) is 17.2 Å². The van der Waals surface area contributed by atoms with E-state index in [9.17, 15) is 19.5 Å². The van der Waals surface area contributed by atoms with Crippen molar-refractivity contribution in [2.45, 2.75) is 37.8 Å². The van der Waals surface area contributed by atoms with E-state index in [0.29, 0.717) is 17.1 Å². The number of ether oxygens (including phenoxy) is 2. The lowest BCUT2D eigenvalue weighted by molar-refractivity contribution is 0.0697. The van der Waals surface area contributed by atoms with Gasteiger partial charge in [-0.05, 0) is 104 Å². The molecular weight excluding hydrogens is 576 g/mol. The third-order valence-corrected chi connectivity index (χ3v) is 8.66. The van der Waals surface area contributed by atoms with Crippen molar-refractivity contribution in [2.24, 2.45) is 0 Å². The van der Waals surface area contributed by atoms with E-state index < -0.39 is 11.9 Å². The van der Waals surface area contributed by atoms with E-state index in [1.807, 2.05) is 54.6 Å². The van der Waals surface area contributed by atoms with E-state index >= 15 is 0 Å². The van der Waals surface area contributed by atoms with Gasteiger partial charge in [0.05, 0.1) is 22.2 Å². The molecule has 9 heteroatoms. The van der Waals surface area contributed by atoms with Gasteiger partial charge in [0.2, 0.25) is 0 Å². The van der Waals surface area contributed by atoms with Crippen molar-refractivity contribution >= 4 is 44.9 Å². The molecule has 0 spiro atoms. The molecule has 0 saturated heterocycles. The number of thiophene rings is 1. The predicted octanol–water partition coefficient (Wildman–Crippen LogP) is 7.76. The Morgan fingerprint density at radius 2 is 1.36 bits per heavy atom. The van der Waals surface area contributed by atoms with Gasteiger partial charge < -0.3 is 25.2 Å². The van der Waals surface area contributed by atoms with E-state index in [2.05, 4.69) is 10.6 Å². The summed E-state index contributed by atoms with van der Waals surface area (Å²) in [4.78, 5) is 37.6. The summed E-state index contributed by atoms with van der Waals surface area (Å²) in [6.45, 7) is 0. The molecule has 5 aromatic rings. The summed E-state index contributed by atoms with van der Waals surface area (Å²) < 4.78 is 13.3. The minimum Gasteiger partial charge on any atom is -0.490 e. The second-order valence-electron chi connectivity index (χ2n) is 10.6. The standard InChI is InChI=1S/C35H30N2O6S/c38-33(37-30-7-3-2-6-29(30)35(40)41)22-9-13-25(14-10-22)42-27-17-19-28(20-18-27)43-26-15-11-24(12-16-26)36-34(39)32-21-23-5-1-4-8-31(23)44-32/h1-10,13-14,17-21,24,26H,11-12,15-16H2,(H,36,39)(H,37,38)(H,40,41). The smallest absolute Gasteiger partial charge is 0.337 e. The topological polar surface area (TPSA) is 114 Å². The molecular formula is C35H30N2O6S. The molecule has 6 rings (SSSR count). The highest BCUT2D eigenvalue weighted by molar-refractivity contribution is 7.20. The van der Waals surface area contributed by atoms with E-state index in [0.717, 1.165) is 46.4 Å². The highest BCUT2D eigenvalue weighted by Gasteiger charge is 2.24. The number of nitrogens with one attached hydrogen (secondary N) is 2. The summed E-state index contributed by atoms with van der Waals surface area (Å²) >= 11 is 1.52. The van der Waals surface area contributed by atoms with Gasteiger partial charge in [0, 0.05) is 16.3 Å². The lowest BCUT2D eigenvalue weighted by atomic mass is 9.93. The number of carbonyl (C=O) groups is 3. The molecule has 4 aromatic carbocycles. The number of carboxylic acids is 1. The molecule has 2 amide bonds. The quantitative estimate of drug-likeness (QED) is 0.158. The Morgan fingerprint density at radius 1 is 0.727 bits per heavy atom. The predicted molar refractivity (Wildman–Crippen MR) is 170 cm³/mol. The minimum absolute atomic E-state index is 0.00872. The number of amides is 2. The van der Waals surface area contributed by atoms with Gasteiger partial charge in [-0.3, -0.25) is 9.59 Å². The van der Waals surface area contributed by atoms with Gasteiger partial charge in [-0.1, -0.05) is 30.3 Å². The van der Waals surface area contributed by atoms with Crippen molar-refractivity contribution in [3.05, 3.63) is 119 Å². The van der Waals surface area contributed by atoms with E-state index in [4.69, 9.17) is 9.47 Å². The molecule has 1 heterocycles. The largest absolute Gasteiger partial charge is 0.490 e. The number of aromatic carboxylic acids is 1. The Morgan fingerprint density at radius 3 is 2.07 bits per heavy atom. The highest BCUT2D eigenvalue weighted by atomic mass is 32.1. The molecule has 0 unspecified atom stereocenters. The Kier molecular flexibility index (Phi) is 8.56. The molecule has 0 bridgehead atoms. The van der Waals surface area contributed by atoms with Gasteiger partial charge >= 0.3 is 5.97 Å². The summed E-state index contributed by atoms with van der Waals surface area (Å²) in [6.07, 6.45) is 3.53. The normalized spacial score (nSPS) is 16.2. The van der Waals surface area contributed by atoms with Crippen molar-refractivity contribution in [2.75, 3.05) is 5.32 Å². The maximum Gasteiger partial charge on any atom is 0.337 e. The average molecular weight is 607 g/mol. The third kappa shape index (κ3) is 6.90. The van der Waals surface area contributed by atoms with Crippen LogP contribution < -0.4 is 20.1 Å². The fraction of sp³-hybridized carbons (Fsp3) is 0.171. The second-order valence-corrected chi connectivity index (χ2v) is 11.7. The Labute approximate surface area is 258 Å². The molecule has 0 aliphatic heterocycles. The number of para-hydroxylation sites is 1. The zero-order valence-electron chi connectivity index (χ0n) is 23.7. The van der Waals surface area contributed by atoms with Crippen LogP contribution in [0.4, 0.5) is 5.69 Å². The lowest BCUT2D eigenvalue weighted by Crippen LogP contribution is -2.39. The molecule has 1 aliphatic rings. The van der Waals surface area contributed by atoms with Crippen molar-refractivity contribution in [1.29, 1.82) is 0 Å². The number of fused-ring (bicyclic) bond motifs is 1. The van der Waals surface area contributed by atoms with Crippen LogP contribution >= 0.6 is 11.3 Å². The number of hydrogen-bond acceptors (Lipinski definition) is 6. The first-order chi connectivity index (χ1) is 21.4. The van der Waals surface area contributed by atoms with Crippen molar-refractivity contribution < 1.29 is 29.0 Å². The van der Waals surface area contributed by atoms with Crippen LogP contribution in [-0.2, 0) is 0 Å². The third-order valence-electron chi connectivity index (χ3n) is 7.54. The number of rotatable bonds is 9. The van der Waals surface area contributed by atoms with E-state index in [1.54, 1.807) is 42.5 Å². The highest BCUT2D eigenvalue weighted by Crippen LogP contribution is 2.29. The average Bonchev–Trinajstić information content (AvgIpc) is 3.48. The molecule has 8 nitrogen and oxygen atoms in total. The van der Waals surface area contributed by atoms with Gasteiger partial charge in [0.25, 0.3) is 11.8 Å². The van der Waals surface area contributed by atoms with Gasteiger partial charge in [-0.25, -0.2) is 4.79 Å².